The zero-order chi connectivity index (χ0) is 19.8. The summed E-state index contributed by atoms with van der Waals surface area (Å²) in [6.07, 6.45) is 2.85. The van der Waals surface area contributed by atoms with Crippen LogP contribution < -0.4 is 0 Å². The average Bonchev–Trinajstić information content (AvgIpc) is 3.23. The number of carbonyl (C=O) groups is 1. The molecule has 148 valence electrons. The largest absolute Gasteiger partial charge is 0.295 e. The van der Waals surface area contributed by atoms with Crippen LogP contribution in [-0.2, 0) is 6.42 Å². The number of piperidine rings is 1. The highest BCUT2D eigenvalue weighted by molar-refractivity contribution is 8.00. The Morgan fingerprint density at radius 3 is 2.54 bits per heavy atom. The number of non-ortho nitro benzene ring substituents is 1. The first kappa shape index (κ1) is 19.1. The summed E-state index contributed by atoms with van der Waals surface area (Å²) in [5.41, 5.74) is 0.981. The van der Waals surface area contributed by atoms with Crippen molar-refractivity contribution in [2.24, 2.45) is 5.92 Å². The molecule has 2 unspecified atom stereocenters. The lowest BCUT2D eigenvalue weighted by Crippen LogP contribution is -2.42. The van der Waals surface area contributed by atoms with Crippen LogP contribution in [0.4, 0.5) is 5.69 Å². The molecule has 0 bridgehead atoms. The van der Waals surface area contributed by atoms with Crippen molar-refractivity contribution in [3.8, 4) is 0 Å². The van der Waals surface area contributed by atoms with E-state index in [1.807, 2.05) is 6.92 Å². The van der Waals surface area contributed by atoms with Gasteiger partial charge >= 0.3 is 0 Å². The summed E-state index contributed by atoms with van der Waals surface area (Å²) in [6, 6.07) is 6.44. The van der Waals surface area contributed by atoms with Gasteiger partial charge in [0.1, 0.15) is 5.25 Å². The highest BCUT2D eigenvalue weighted by Crippen LogP contribution is 2.42. The van der Waals surface area contributed by atoms with Crippen molar-refractivity contribution >= 4 is 23.4 Å². The highest BCUT2D eigenvalue weighted by atomic mass is 32.2. The summed E-state index contributed by atoms with van der Waals surface area (Å²) in [6.45, 7) is 6.03. The summed E-state index contributed by atoms with van der Waals surface area (Å²) in [7, 11) is 0. The summed E-state index contributed by atoms with van der Waals surface area (Å²) in [4.78, 5) is 30.6. The second-order valence-electron chi connectivity index (χ2n) is 7.46. The minimum atomic E-state index is -0.400. The fraction of sp³-hybridized carbons (Fsp3) is 0.526. The van der Waals surface area contributed by atoms with Gasteiger partial charge in [-0.05, 0) is 37.4 Å². The second kappa shape index (κ2) is 7.63. The molecule has 1 saturated heterocycles. The molecule has 2 aliphatic heterocycles. The maximum absolute atomic E-state index is 13.1. The number of nitrogens with zero attached hydrogens (tertiary/aromatic N) is 5. The molecule has 9 heteroatoms. The molecule has 3 heterocycles. The van der Waals surface area contributed by atoms with Crippen LogP contribution in [0.2, 0.25) is 0 Å². The molecule has 0 N–H and O–H groups in total. The van der Waals surface area contributed by atoms with Crippen LogP contribution in [0.3, 0.4) is 0 Å². The molecule has 0 amide bonds. The number of hydrogen-bond donors (Lipinski definition) is 0. The van der Waals surface area contributed by atoms with E-state index >= 15 is 0 Å². The predicted molar refractivity (Wildman–Crippen MR) is 105 cm³/mol. The van der Waals surface area contributed by atoms with Gasteiger partial charge in [-0.15, -0.1) is 5.10 Å². The molecule has 1 aromatic carbocycles. The van der Waals surface area contributed by atoms with Gasteiger partial charge in [-0.2, -0.15) is 4.68 Å². The van der Waals surface area contributed by atoms with E-state index in [0.29, 0.717) is 23.3 Å². The molecular formula is C19H23N5O3S. The molecule has 8 nitrogen and oxygen atoms in total. The van der Waals surface area contributed by atoms with Gasteiger partial charge in [0.2, 0.25) is 0 Å². The van der Waals surface area contributed by atoms with Crippen LogP contribution in [0.1, 0.15) is 48.9 Å². The number of hydrogen-bond acceptors (Lipinski definition) is 7. The zero-order valence-corrected chi connectivity index (χ0v) is 16.8. The van der Waals surface area contributed by atoms with Crippen LogP contribution in [0.25, 0.3) is 0 Å². The molecular weight excluding hydrogens is 378 g/mol. The van der Waals surface area contributed by atoms with Gasteiger partial charge in [0.15, 0.2) is 11.0 Å². The number of benzene rings is 1. The van der Waals surface area contributed by atoms with E-state index in [1.165, 1.54) is 28.6 Å². The quantitative estimate of drug-likeness (QED) is 0.560. The topological polar surface area (TPSA) is 94.2 Å². The monoisotopic (exact) mass is 401 g/mol. The summed E-state index contributed by atoms with van der Waals surface area (Å²) < 4.78 is 1.43. The van der Waals surface area contributed by atoms with Crippen LogP contribution in [0, 0.1) is 16.0 Å². The van der Waals surface area contributed by atoms with Crippen molar-refractivity contribution < 1.29 is 9.72 Å². The number of aryl methyl sites for hydroxylation is 1. The number of nitro benzene ring substituents is 1. The third-order valence-electron chi connectivity index (χ3n) is 5.57. The standard InChI is InChI=1S/C19H23N5O3S/c1-3-15-20-19-23(21-15)18(25)17(28-19)16(22-10-8-12(2)9-11-22)13-4-6-14(7-5-13)24(26)27/h4-7,12,16-17H,3,8-11H2,1-2H3. The molecule has 0 spiro atoms. The minimum Gasteiger partial charge on any atom is -0.295 e. The maximum Gasteiger partial charge on any atom is 0.269 e. The Kier molecular flexibility index (Phi) is 5.20. The number of carbonyl (C=O) groups excluding carboxylic acids is 1. The Hall–Kier alpha value is -2.26. The number of fused-ring (bicyclic) bond motifs is 1. The summed E-state index contributed by atoms with van der Waals surface area (Å²) in [5, 5.41) is 15.6. The van der Waals surface area contributed by atoms with Gasteiger partial charge in [-0.1, -0.05) is 37.7 Å². The minimum absolute atomic E-state index is 0.0577. The van der Waals surface area contributed by atoms with E-state index in [2.05, 4.69) is 21.9 Å². The molecule has 1 fully saturated rings. The summed E-state index contributed by atoms with van der Waals surface area (Å²) in [5.74, 6) is 1.28. The van der Waals surface area contributed by atoms with E-state index in [1.54, 1.807) is 12.1 Å². The van der Waals surface area contributed by atoms with E-state index < -0.39 is 4.92 Å². The lowest BCUT2D eigenvalue weighted by Gasteiger charge is -2.38. The fourth-order valence-electron chi connectivity index (χ4n) is 3.87. The van der Waals surface area contributed by atoms with Gasteiger partial charge < -0.3 is 0 Å². The third kappa shape index (κ3) is 3.44. The number of aromatic nitrogens is 3. The van der Waals surface area contributed by atoms with Crippen molar-refractivity contribution in [1.29, 1.82) is 0 Å². The maximum atomic E-state index is 13.1. The van der Waals surface area contributed by atoms with Crippen molar-refractivity contribution in [2.75, 3.05) is 13.1 Å². The Balaban J connectivity index is 1.66. The number of thioether (sulfide) groups is 1. The molecule has 2 aliphatic rings. The van der Waals surface area contributed by atoms with E-state index in [4.69, 9.17) is 0 Å². The van der Waals surface area contributed by atoms with Gasteiger partial charge in [0, 0.05) is 18.6 Å². The molecule has 28 heavy (non-hydrogen) atoms. The Bertz CT molecular complexity index is 889. The average molecular weight is 401 g/mol. The Morgan fingerprint density at radius 1 is 1.29 bits per heavy atom. The second-order valence-corrected chi connectivity index (χ2v) is 8.57. The SMILES string of the molecule is CCc1nc2n(n1)C(=O)C(C(c1ccc([N+](=O)[O-])cc1)N1CCC(C)CC1)S2. The zero-order valence-electron chi connectivity index (χ0n) is 15.9. The Labute approximate surface area is 167 Å². The van der Waals surface area contributed by atoms with Crippen LogP contribution in [0.15, 0.2) is 29.4 Å². The smallest absolute Gasteiger partial charge is 0.269 e. The van der Waals surface area contributed by atoms with Gasteiger partial charge in [-0.3, -0.25) is 19.8 Å². The number of nitro groups is 1. The first-order valence-corrected chi connectivity index (χ1v) is 10.5. The van der Waals surface area contributed by atoms with Crippen molar-refractivity contribution in [2.45, 2.75) is 49.6 Å². The van der Waals surface area contributed by atoms with Crippen molar-refractivity contribution in [1.82, 2.24) is 19.7 Å². The van der Waals surface area contributed by atoms with Crippen molar-refractivity contribution in [3.63, 3.8) is 0 Å². The van der Waals surface area contributed by atoms with Crippen LogP contribution >= 0.6 is 11.8 Å². The number of rotatable bonds is 5. The lowest BCUT2D eigenvalue weighted by molar-refractivity contribution is -0.384. The molecule has 0 aliphatic carbocycles. The van der Waals surface area contributed by atoms with E-state index in [0.717, 1.165) is 31.5 Å². The molecule has 1 aromatic heterocycles. The first-order chi connectivity index (χ1) is 13.5. The van der Waals surface area contributed by atoms with Crippen LogP contribution in [0.5, 0.6) is 0 Å². The van der Waals surface area contributed by atoms with Crippen molar-refractivity contribution in [3.05, 3.63) is 45.8 Å². The lowest BCUT2D eigenvalue weighted by atomic mass is 9.94. The summed E-state index contributed by atoms with van der Waals surface area (Å²) >= 11 is 1.45. The molecule has 0 radical (unpaired) electrons. The Morgan fingerprint density at radius 2 is 1.96 bits per heavy atom. The third-order valence-corrected chi connectivity index (χ3v) is 6.75. The normalized spacial score (nSPS) is 21.6. The fourth-order valence-corrected chi connectivity index (χ4v) is 5.14. The van der Waals surface area contributed by atoms with E-state index in [9.17, 15) is 14.9 Å². The number of likely N-dealkylation sites (tertiary alicyclic amines) is 1. The molecule has 2 atom stereocenters. The predicted octanol–water partition coefficient (Wildman–Crippen LogP) is 3.34. The van der Waals surface area contributed by atoms with Gasteiger partial charge in [0.25, 0.3) is 11.6 Å². The highest BCUT2D eigenvalue weighted by Gasteiger charge is 2.43. The molecule has 2 aromatic rings. The van der Waals surface area contributed by atoms with Gasteiger partial charge in [0.05, 0.1) is 11.0 Å². The van der Waals surface area contributed by atoms with Gasteiger partial charge in [-0.25, -0.2) is 4.98 Å². The van der Waals surface area contributed by atoms with E-state index in [-0.39, 0.29) is 22.9 Å². The van der Waals surface area contributed by atoms with Crippen LogP contribution in [-0.4, -0.2) is 48.8 Å². The first-order valence-electron chi connectivity index (χ1n) is 9.63. The molecule has 0 saturated carbocycles. The molecule has 4 rings (SSSR count).